The second-order valence-corrected chi connectivity index (χ2v) is 4.00. The minimum Gasteiger partial charge on any atom is -0.372 e. The fourth-order valence-electron chi connectivity index (χ4n) is 1.85. The molecule has 0 saturated heterocycles. The third-order valence-corrected chi connectivity index (χ3v) is 2.88. The van der Waals surface area contributed by atoms with Crippen molar-refractivity contribution < 1.29 is 8.78 Å². The number of hydrogen-bond acceptors (Lipinski definition) is 2. The Balaban J connectivity index is 2.73. The van der Waals surface area contributed by atoms with Crippen LogP contribution in [0.4, 0.5) is 14.5 Å². The van der Waals surface area contributed by atoms with Crippen LogP contribution in [-0.2, 0) is 0 Å². The van der Waals surface area contributed by atoms with E-state index >= 15 is 0 Å². The summed E-state index contributed by atoms with van der Waals surface area (Å²) in [5, 5.41) is 0. The van der Waals surface area contributed by atoms with E-state index in [1.54, 1.807) is 0 Å². The fourth-order valence-corrected chi connectivity index (χ4v) is 1.85. The van der Waals surface area contributed by atoms with Gasteiger partial charge in [0.15, 0.2) is 0 Å². The van der Waals surface area contributed by atoms with Gasteiger partial charge in [-0.1, -0.05) is 12.1 Å². The molecule has 17 heavy (non-hydrogen) atoms. The Kier molecular flexibility index (Phi) is 5.35. The molecule has 0 fully saturated rings. The largest absolute Gasteiger partial charge is 0.372 e. The van der Waals surface area contributed by atoms with Gasteiger partial charge in [-0.3, -0.25) is 0 Å². The van der Waals surface area contributed by atoms with E-state index in [1.165, 1.54) is 0 Å². The van der Waals surface area contributed by atoms with E-state index in [4.69, 9.17) is 5.73 Å². The Labute approximate surface area is 101 Å². The molecule has 0 spiro atoms. The predicted octanol–water partition coefficient (Wildman–Crippen LogP) is 3.19. The normalized spacial score (nSPS) is 12.8. The number of hydrogen-bond donors (Lipinski definition) is 1. The van der Waals surface area contributed by atoms with Crippen LogP contribution in [0, 0.1) is 0 Å². The van der Waals surface area contributed by atoms with Crippen molar-refractivity contribution in [3.63, 3.8) is 0 Å². The van der Waals surface area contributed by atoms with Crippen LogP contribution in [-0.4, -0.2) is 19.5 Å². The van der Waals surface area contributed by atoms with Gasteiger partial charge in [0.25, 0.3) is 0 Å². The van der Waals surface area contributed by atoms with Crippen LogP contribution < -0.4 is 10.6 Å². The van der Waals surface area contributed by atoms with Crippen LogP contribution in [0.25, 0.3) is 0 Å². The lowest BCUT2D eigenvalue weighted by molar-refractivity contribution is 0.128. The zero-order valence-electron chi connectivity index (χ0n) is 10.4. The third kappa shape index (κ3) is 3.97. The van der Waals surface area contributed by atoms with E-state index in [0.29, 0.717) is 0 Å². The van der Waals surface area contributed by atoms with Gasteiger partial charge < -0.3 is 10.6 Å². The molecule has 1 atom stereocenters. The molecule has 0 aliphatic rings. The van der Waals surface area contributed by atoms with Crippen molar-refractivity contribution in [3.05, 3.63) is 29.8 Å². The molecule has 0 aliphatic carbocycles. The maximum atomic E-state index is 12.2. The molecular formula is C13H20F2N2. The summed E-state index contributed by atoms with van der Waals surface area (Å²) in [6.45, 7) is 6.03. The van der Waals surface area contributed by atoms with Gasteiger partial charge in [0.2, 0.25) is 6.43 Å². The zero-order valence-corrected chi connectivity index (χ0v) is 10.4. The maximum absolute atomic E-state index is 12.2. The molecule has 96 valence electrons. The molecule has 1 rings (SSSR count). The zero-order chi connectivity index (χ0) is 12.8. The topological polar surface area (TPSA) is 29.3 Å². The standard InChI is InChI=1S/C13H20F2N2/c1-3-17(4-2)11-7-5-10(6-8-11)12(16)9-13(14)15/h5-8,12-13H,3-4,9,16H2,1-2H3/t12-/m1/s1. The molecular weight excluding hydrogens is 222 g/mol. The molecule has 0 radical (unpaired) electrons. The highest BCUT2D eigenvalue weighted by Gasteiger charge is 2.13. The van der Waals surface area contributed by atoms with Gasteiger partial charge in [0, 0.05) is 31.2 Å². The van der Waals surface area contributed by atoms with Gasteiger partial charge in [-0.2, -0.15) is 0 Å². The lowest BCUT2D eigenvalue weighted by Gasteiger charge is -2.21. The van der Waals surface area contributed by atoms with Crippen molar-refractivity contribution in [1.82, 2.24) is 0 Å². The highest BCUT2D eigenvalue weighted by atomic mass is 19.3. The summed E-state index contributed by atoms with van der Waals surface area (Å²) in [6, 6.07) is 6.96. The molecule has 1 aromatic carbocycles. The van der Waals surface area contributed by atoms with Gasteiger partial charge in [0.1, 0.15) is 0 Å². The second kappa shape index (κ2) is 6.55. The summed E-state index contributed by atoms with van der Waals surface area (Å²) in [4.78, 5) is 2.20. The van der Waals surface area contributed by atoms with E-state index < -0.39 is 12.5 Å². The van der Waals surface area contributed by atoms with Crippen molar-refractivity contribution in [2.75, 3.05) is 18.0 Å². The maximum Gasteiger partial charge on any atom is 0.240 e. The van der Waals surface area contributed by atoms with Crippen LogP contribution in [0.1, 0.15) is 31.9 Å². The van der Waals surface area contributed by atoms with Crippen molar-refractivity contribution in [2.45, 2.75) is 32.7 Å². The Morgan fingerprint density at radius 2 is 1.65 bits per heavy atom. The quantitative estimate of drug-likeness (QED) is 0.830. The van der Waals surface area contributed by atoms with E-state index in [2.05, 4.69) is 18.7 Å². The lowest BCUT2D eigenvalue weighted by atomic mass is 10.0. The Morgan fingerprint density at radius 1 is 1.12 bits per heavy atom. The van der Waals surface area contributed by atoms with Gasteiger partial charge in [-0.05, 0) is 31.5 Å². The smallest absolute Gasteiger partial charge is 0.240 e. The van der Waals surface area contributed by atoms with Crippen molar-refractivity contribution >= 4 is 5.69 Å². The SMILES string of the molecule is CCN(CC)c1ccc([C@H](N)CC(F)F)cc1. The second-order valence-electron chi connectivity index (χ2n) is 4.00. The van der Waals surface area contributed by atoms with Gasteiger partial charge in [-0.15, -0.1) is 0 Å². The molecule has 0 bridgehead atoms. The number of anilines is 1. The van der Waals surface area contributed by atoms with Crippen LogP contribution in [0.3, 0.4) is 0 Å². The number of rotatable bonds is 6. The first-order valence-corrected chi connectivity index (χ1v) is 5.97. The van der Waals surface area contributed by atoms with E-state index in [1.807, 2.05) is 24.3 Å². The Bertz CT molecular complexity index is 321. The lowest BCUT2D eigenvalue weighted by Crippen LogP contribution is -2.22. The Hall–Kier alpha value is -1.16. The van der Waals surface area contributed by atoms with Crippen molar-refractivity contribution in [1.29, 1.82) is 0 Å². The molecule has 0 unspecified atom stereocenters. The molecule has 0 aromatic heterocycles. The summed E-state index contributed by atoms with van der Waals surface area (Å²) in [7, 11) is 0. The van der Waals surface area contributed by atoms with Crippen LogP contribution in [0.2, 0.25) is 0 Å². The monoisotopic (exact) mass is 242 g/mol. The molecule has 4 heteroatoms. The number of benzene rings is 1. The summed E-state index contributed by atoms with van der Waals surface area (Å²) in [5.74, 6) is 0. The highest BCUT2D eigenvalue weighted by molar-refractivity contribution is 5.47. The van der Waals surface area contributed by atoms with Crippen LogP contribution in [0.15, 0.2) is 24.3 Å². The van der Waals surface area contributed by atoms with E-state index in [9.17, 15) is 8.78 Å². The molecule has 2 nitrogen and oxygen atoms in total. The molecule has 0 aliphatic heterocycles. The first-order valence-electron chi connectivity index (χ1n) is 5.97. The van der Waals surface area contributed by atoms with Gasteiger partial charge >= 0.3 is 0 Å². The summed E-state index contributed by atoms with van der Waals surface area (Å²) >= 11 is 0. The van der Waals surface area contributed by atoms with E-state index in [0.717, 1.165) is 24.3 Å². The van der Waals surface area contributed by atoms with Gasteiger partial charge in [-0.25, -0.2) is 8.78 Å². The summed E-state index contributed by atoms with van der Waals surface area (Å²) in [5.41, 5.74) is 7.56. The summed E-state index contributed by atoms with van der Waals surface area (Å²) < 4.78 is 24.4. The molecule has 0 heterocycles. The number of nitrogens with zero attached hydrogens (tertiary/aromatic N) is 1. The van der Waals surface area contributed by atoms with Crippen LogP contribution >= 0.6 is 0 Å². The number of halogens is 2. The minimum atomic E-state index is -2.35. The van der Waals surface area contributed by atoms with E-state index in [-0.39, 0.29) is 6.42 Å². The third-order valence-electron chi connectivity index (χ3n) is 2.88. The highest BCUT2D eigenvalue weighted by Crippen LogP contribution is 2.21. The fraction of sp³-hybridized carbons (Fsp3) is 0.538. The molecule has 0 saturated carbocycles. The predicted molar refractivity (Wildman–Crippen MR) is 67.6 cm³/mol. The average molecular weight is 242 g/mol. The first kappa shape index (κ1) is 13.9. The number of nitrogens with two attached hydrogens (primary N) is 1. The van der Waals surface area contributed by atoms with Crippen molar-refractivity contribution in [3.8, 4) is 0 Å². The average Bonchev–Trinajstić information content (AvgIpc) is 2.30. The van der Waals surface area contributed by atoms with Crippen molar-refractivity contribution in [2.24, 2.45) is 5.73 Å². The minimum absolute atomic E-state index is 0.287. The molecule has 1 aromatic rings. The molecule has 0 amide bonds. The summed E-state index contributed by atoms with van der Waals surface area (Å²) in [6.07, 6.45) is -2.64. The number of alkyl halides is 2. The first-order chi connectivity index (χ1) is 8.08. The molecule has 2 N–H and O–H groups in total. The van der Waals surface area contributed by atoms with Crippen LogP contribution in [0.5, 0.6) is 0 Å². The van der Waals surface area contributed by atoms with Gasteiger partial charge in [0.05, 0.1) is 0 Å². The Morgan fingerprint density at radius 3 is 2.06 bits per heavy atom.